The Bertz CT molecular complexity index is 177. The number of hydrogen-bond acceptors (Lipinski definition) is 4. The van der Waals surface area contributed by atoms with Gasteiger partial charge in [0, 0.05) is 0 Å². The van der Waals surface area contributed by atoms with E-state index in [0.717, 1.165) is 19.3 Å². The molecule has 0 aromatic heterocycles. The van der Waals surface area contributed by atoms with Gasteiger partial charge in [0.05, 0.1) is 6.61 Å². The van der Waals surface area contributed by atoms with Crippen LogP contribution < -0.4 is 5.90 Å². The molecule has 0 saturated carbocycles. The van der Waals surface area contributed by atoms with Crippen LogP contribution in [0.5, 0.6) is 0 Å². The van der Waals surface area contributed by atoms with Crippen molar-refractivity contribution in [2.45, 2.75) is 45.4 Å². The van der Waals surface area contributed by atoms with Crippen molar-refractivity contribution in [3.8, 4) is 0 Å². The van der Waals surface area contributed by atoms with E-state index in [1.54, 1.807) is 0 Å². The van der Waals surface area contributed by atoms with Crippen LogP contribution in [0.1, 0.15) is 45.4 Å². The Balaban J connectivity index is 3.17. The first kappa shape index (κ1) is 14.1. The average molecular weight is 225 g/mol. The lowest BCUT2D eigenvalue weighted by atomic mass is 10.1. The summed E-state index contributed by atoms with van der Waals surface area (Å²) in [7, 11) is -3.96. The zero-order valence-electron chi connectivity index (χ0n) is 8.65. The molecule has 0 spiro atoms. The smallest absolute Gasteiger partial charge is 0.302 e. The molecule has 0 aromatic rings. The van der Waals surface area contributed by atoms with Crippen LogP contribution in [0.4, 0.5) is 0 Å². The molecule has 86 valence electrons. The van der Waals surface area contributed by atoms with Crippen molar-refractivity contribution < 1.29 is 18.6 Å². The summed E-state index contributed by atoms with van der Waals surface area (Å²) >= 11 is 0. The van der Waals surface area contributed by atoms with Gasteiger partial charge in [0.1, 0.15) is 0 Å². The molecule has 0 fully saturated rings. The van der Waals surface area contributed by atoms with Gasteiger partial charge in [-0.1, -0.05) is 39.0 Å². The molecule has 5 nitrogen and oxygen atoms in total. The molecule has 0 rings (SSSR count). The number of unbranched alkanes of at least 4 members (excludes halogenated alkanes) is 5. The van der Waals surface area contributed by atoms with E-state index >= 15 is 0 Å². The van der Waals surface area contributed by atoms with Crippen LogP contribution in [0.25, 0.3) is 0 Å². The highest BCUT2D eigenvalue weighted by Crippen LogP contribution is 2.40. The Morgan fingerprint density at radius 1 is 1.21 bits per heavy atom. The average Bonchev–Trinajstić information content (AvgIpc) is 2.16. The van der Waals surface area contributed by atoms with Crippen LogP contribution >= 0.6 is 7.82 Å². The Kier molecular flexibility index (Phi) is 8.43. The first-order chi connectivity index (χ1) is 6.62. The monoisotopic (exact) mass is 225 g/mol. The lowest BCUT2D eigenvalue weighted by Gasteiger charge is -2.07. The van der Waals surface area contributed by atoms with E-state index in [9.17, 15) is 4.57 Å². The zero-order valence-corrected chi connectivity index (χ0v) is 9.54. The van der Waals surface area contributed by atoms with Gasteiger partial charge in [0.2, 0.25) is 0 Å². The highest BCUT2D eigenvalue weighted by Gasteiger charge is 2.18. The van der Waals surface area contributed by atoms with Crippen LogP contribution in [0.3, 0.4) is 0 Å². The molecule has 0 aromatic carbocycles. The Hall–Kier alpha value is 0.0700. The van der Waals surface area contributed by atoms with E-state index in [1.807, 2.05) is 0 Å². The summed E-state index contributed by atoms with van der Waals surface area (Å²) in [5, 5.41) is 0. The van der Waals surface area contributed by atoms with E-state index < -0.39 is 7.82 Å². The predicted octanol–water partition coefficient (Wildman–Crippen LogP) is 2.35. The van der Waals surface area contributed by atoms with Crippen LogP contribution in [0, 0.1) is 0 Å². The molecule has 0 aliphatic carbocycles. The van der Waals surface area contributed by atoms with Gasteiger partial charge in [-0.3, -0.25) is 4.52 Å². The van der Waals surface area contributed by atoms with Crippen molar-refractivity contribution in [1.29, 1.82) is 0 Å². The third-order valence-corrected chi connectivity index (χ3v) is 2.66. The molecule has 3 N–H and O–H groups in total. The molecule has 0 radical (unpaired) electrons. The molecule has 0 bridgehead atoms. The van der Waals surface area contributed by atoms with Crippen LogP contribution in [-0.2, 0) is 13.7 Å². The van der Waals surface area contributed by atoms with E-state index in [2.05, 4.69) is 22.0 Å². The molecule has 6 heteroatoms. The third-order valence-electron chi connectivity index (χ3n) is 1.89. The largest absolute Gasteiger partial charge is 0.488 e. The summed E-state index contributed by atoms with van der Waals surface area (Å²) in [6.45, 7) is 2.38. The third kappa shape index (κ3) is 8.66. The van der Waals surface area contributed by atoms with Crippen molar-refractivity contribution in [1.82, 2.24) is 0 Å². The van der Waals surface area contributed by atoms with Crippen LogP contribution in [0.15, 0.2) is 0 Å². The molecule has 0 amide bonds. The minimum Gasteiger partial charge on any atom is -0.302 e. The molecular formula is C8H20NO4P. The summed E-state index contributed by atoms with van der Waals surface area (Å²) in [6, 6.07) is 0. The molecule has 14 heavy (non-hydrogen) atoms. The van der Waals surface area contributed by atoms with Gasteiger partial charge in [-0.2, -0.15) is 0 Å². The van der Waals surface area contributed by atoms with Gasteiger partial charge in [0.15, 0.2) is 0 Å². The Labute approximate surface area is 85.2 Å². The van der Waals surface area contributed by atoms with E-state index in [0.29, 0.717) is 0 Å². The number of phosphoric acid groups is 1. The highest BCUT2D eigenvalue weighted by molar-refractivity contribution is 7.47. The summed E-state index contributed by atoms with van der Waals surface area (Å²) in [5.74, 6) is 4.55. The van der Waals surface area contributed by atoms with Gasteiger partial charge in [-0.05, 0) is 6.42 Å². The summed E-state index contributed by atoms with van der Waals surface area (Å²) in [4.78, 5) is 8.75. The summed E-state index contributed by atoms with van der Waals surface area (Å²) < 4.78 is 19.0. The van der Waals surface area contributed by atoms with Gasteiger partial charge in [-0.15, -0.1) is 0 Å². The zero-order chi connectivity index (χ0) is 10.9. The summed E-state index contributed by atoms with van der Waals surface area (Å²) in [5.41, 5.74) is 0. The molecule has 1 unspecified atom stereocenters. The SMILES string of the molecule is CCCCCCCCOP(=O)(O)ON. The molecule has 0 aliphatic heterocycles. The number of nitrogens with two attached hydrogens (primary N) is 1. The molecule has 0 heterocycles. The minimum atomic E-state index is -3.96. The maximum Gasteiger partial charge on any atom is 0.488 e. The quantitative estimate of drug-likeness (QED) is 0.357. The first-order valence-corrected chi connectivity index (χ1v) is 6.47. The molecule has 0 aliphatic rings. The van der Waals surface area contributed by atoms with Crippen molar-refractivity contribution in [3.63, 3.8) is 0 Å². The van der Waals surface area contributed by atoms with Gasteiger partial charge in [0.25, 0.3) is 0 Å². The lowest BCUT2D eigenvalue weighted by Crippen LogP contribution is -2.01. The van der Waals surface area contributed by atoms with E-state index in [1.165, 1.54) is 19.3 Å². The maximum absolute atomic E-state index is 10.7. The number of phosphoric ester groups is 1. The number of rotatable bonds is 9. The second kappa shape index (κ2) is 8.38. The molecule has 1 atom stereocenters. The standard InChI is InChI=1S/C8H20NO4P/c1-2-3-4-5-6-7-8-12-14(10,11)13-9/h2-9H2,1H3,(H,10,11). The highest BCUT2D eigenvalue weighted by atomic mass is 31.2. The Morgan fingerprint density at radius 2 is 1.79 bits per heavy atom. The fraction of sp³-hybridized carbons (Fsp3) is 1.00. The second-order valence-corrected chi connectivity index (χ2v) is 4.58. The predicted molar refractivity (Wildman–Crippen MR) is 54.4 cm³/mol. The first-order valence-electron chi connectivity index (χ1n) is 4.98. The van der Waals surface area contributed by atoms with E-state index in [-0.39, 0.29) is 6.61 Å². The molecule has 0 saturated heterocycles. The van der Waals surface area contributed by atoms with Gasteiger partial charge < -0.3 is 4.89 Å². The van der Waals surface area contributed by atoms with Crippen molar-refractivity contribution >= 4 is 7.82 Å². The van der Waals surface area contributed by atoms with Crippen molar-refractivity contribution in [2.75, 3.05) is 6.61 Å². The molecular weight excluding hydrogens is 205 g/mol. The fourth-order valence-corrected chi connectivity index (χ4v) is 1.51. The minimum absolute atomic E-state index is 0.219. The van der Waals surface area contributed by atoms with Crippen LogP contribution in [0.2, 0.25) is 0 Å². The maximum atomic E-state index is 10.7. The fourth-order valence-electron chi connectivity index (χ4n) is 1.09. The van der Waals surface area contributed by atoms with E-state index in [4.69, 9.17) is 4.89 Å². The normalized spacial score (nSPS) is 15.4. The topological polar surface area (TPSA) is 81.8 Å². The van der Waals surface area contributed by atoms with Gasteiger partial charge >= 0.3 is 7.82 Å². The van der Waals surface area contributed by atoms with Crippen molar-refractivity contribution in [2.24, 2.45) is 5.90 Å². The second-order valence-electron chi connectivity index (χ2n) is 3.17. The Morgan fingerprint density at radius 3 is 2.36 bits per heavy atom. The lowest BCUT2D eigenvalue weighted by molar-refractivity contribution is 0.149. The van der Waals surface area contributed by atoms with Crippen LogP contribution in [-0.4, -0.2) is 11.5 Å². The number of hydrogen-bond donors (Lipinski definition) is 2. The van der Waals surface area contributed by atoms with Crippen molar-refractivity contribution in [3.05, 3.63) is 0 Å². The van der Waals surface area contributed by atoms with Gasteiger partial charge in [-0.25, -0.2) is 15.1 Å². The summed E-state index contributed by atoms with van der Waals surface area (Å²) in [6.07, 6.45) is 6.56.